The van der Waals surface area contributed by atoms with Gasteiger partial charge in [-0.05, 0) is 6.08 Å². The van der Waals surface area contributed by atoms with Crippen molar-refractivity contribution >= 4 is 11.9 Å². The lowest BCUT2D eigenvalue weighted by molar-refractivity contribution is -0.113. The molecule has 0 aliphatic carbocycles. The van der Waals surface area contributed by atoms with Crippen molar-refractivity contribution in [3.8, 4) is 0 Å². The average molecular weight is 146 g/mol. The number of nitrogens with two attached hydrogens (primary N) is 2. The van der Waals surface area contributed by atoms with E-state index in [1.54, 1.807) is 0 Å². The van der Waals surface area contributed by atoms with Crippen LogP contribution < -0.4 is 11.5 Å². The van der Waals surface area contributed by atoms with Gasteiger partial charge < -0.3 is 16.6 Å². The second-order valence-corrected chi connectivity index (χ2v) is 1.21. The van der Waals surface area contributed by atoms with Crippen molar-refractivity contribution in [1.82, 2.24) is 0 Å². The number of rotatable bonds is 2. The molecule has 5 heteroatoms. The van der Waals surface area contributed by atoms with Crippen molar-refractivity contribution in [3.05, 3.63) is 12.7 Å². The van der Waals surface area contributed by atoms with Gasteiger partial charge in [-0.1, -0.05) is 6.58 Å². The van der Waals surface area contributed by atoms with Gasteiger partial charge in [-0.15, -0.1) is 0 Å². The minimum absolute atomic E-state index is 0.0729. The maximum absolute atomic E-state index is 9.94. The Balaban J connectivity index is 0. The zero-order valence-corrected chi connectivity index (χ0v) is 5.41. The van der Waals surface area contributed by atoms with Crippen LogP contribution in [0.5, 0.6) is 0 Å². The van der Waals surface area contributed by atoms with Crippen molar-refractivity contribution < 1.29 is 14.7 Å². The van der Waals surface area contributed by atoms with Crippen LogP contribution in [0.1, 0.15) is 0 Å². The third-order valence-corrected chi connectivity index (χ3v) is 0.429. The Morgan fingerprint density at radius 1 is 1.60 bits per heavy atom. The molecule has 0 atom stereocenters. The average Bonchev–Trinajstić information content (AvgIpc) is 1.85. The summed E-state index contributed by atoms with van der Waals surface area (Å²) in [7, 11) is 0. The third-order valence-electron chi connectivity index (χ3n) is 0.429. The van der Waals surface area contributed by atoms with Crippen LogP contribution in [0.25, 0.3) is 0 Å². The molecule has 0 aliphatic heterocycles. The third kappa shape index (κ3) is 30.3. The Hall–Kier alpha value is -1.36. The lowest BCUT2D eigenvalue weighted by Crippen LogP contribution is -2.09. The second-order valence-electron chi connectivity index (χ2n) is 1.21. The number of hydrogen-bond donors (Lipinski definition) is 3. The SMILES string of the molecule is C=CC(=O)CN.NC(=O)O. The summed E-state index contributed by atoms with van der Waals surface area (Å²) in [5.74, 6) is -0.116. The fraction of sp³-hybridized carbons (Fsp3) is 0.200. The number of carbonyl (C=O) groups excluding carboxylic acids is 1. The van der Waals surface area contributed by atoms with Crippen molar-refractivity contribution in [2.45, 2.75) is 0 Å². The molecule has 0 radical (unpaired) electrons. The Labute approximate surface area is 58.3 Å². The fourth-order valence-electron chi connectivity index (χ4n) is 0.0833. The Morgan fingerprint density at radius 2 is 1.90 bits per heavy atom. The summed E-state index contributed by atoms with van der Waals surface area (Å²) in [6, 6.07) is 0. The number of ketones is 1. The van der Waals surface area contributed by atoms with E-state index in [0.29, 0.717) is 0 Å². The number of amides is 1. The highest BCUT2D eigenvalue weighted by Gasteiger charge is 1.82. The molecule has 5 N–H and O–H groups in total. The summed E-state index contributed by atoms with van der Waals surface area (Å²) >= 11 is 0. The van der Waals surface area contributed by atoms with Gasteiger partial charge in [0.1, 0.15) is 0 Å². The molecule has 0 aromatic rings. The molecular formula is C5H10N2O3. The molecule has 0 rings (SSSR count). The van der Waals surface area contributed by atoms with Gasteiger partial charge in [0, 0.05) is 0 Å². The number of hydrogen-bond acceptors (Lipinski definition) is 3. The molecule has 0 bridgehead atoms. The first-order valence-electron chi connectivity index (χ1n) is 2.38. The van der Waals surface area contributed by atoms with Crippen LogP contribution >= 0.6 is 0 Å². The molecule has 0 unspecified atom stereocenters. The van der Waals surface area contributed by atoms with Crippen LogP contribution in [0.4, 0.5) is 4.79 Å². The topological polar surface area (TPSA) is 106 Å². The highest BCUT2D eigenvalue weighted by Crippen LogP contribution is 1.61. The zero-order valence-electron chi connectivity index (χ0n) is 5.41. The normalized spacial score (nSPS) is 6.90. The van der Waals surface area contributed by atoms with E-state index in [0.717, 1.165) is 0 Å². The van der Waals surface area contributed by atoms with Crippen molar-refractivity contribution in [2.24, 2.45) is 11.5 Å². The van der Waals surface area contributed by atoms with Crippen molar-refractivity contribution in [1.29, 1.82) is 0 Å². The first-order valence-corrected chi connectivity index (χ1v) is 2.38. The Morgan fingerprint density at radius 3 is 1.90 bits per heavy atom. The van der Waals surface area contributed by atoms with Gasteiger partial charge in [-0.2, -0.15) is 0 Å². The summed E-state index contributed by atoms with van der Waals surface area (Å²) < 4.78 is 0. The molecule has 0 saturated heterocycles. The molecule has 0 fully saturated rings. The smallest absolute Gasteiger partial charge is 0.402 e. The molecule has 0 heterocycles. The van der Waals surface area contributed by atoms with E-state index >= 15 is 0 Å². The summed E-state index contributed by atoms with van der Waals surface area (Å²) in [5, 5.41) is 7.19. The molecule has 0 aromatic heterocycles. The summed E-state index contributed by atoms with van der Waals surface area (Å²) in [6.45, 7) is 3.27. The molecule has 0 saturated carbocycles. The minimum Gasteiger partial charge on any atom is -0.465 e. The Kier molecular flexibility index (Phi) is 8.74. The van der Waals surface area contributed by atoms with Crippen LogP contribution in [-0.4, -0.2) is 23.5 Å². The molecule has 1 amide bonds. The molecule has 0 spiro atoms. The number of carboxylic acid groups (broad SMARTS) is 1. The van der Waals surface area contributed by atoms with E-state index in [4.69, 9.17) is 15.6 Å². The standard InChI is InChI=1S/C4H7NO.CH3NO2/c1-2-4(6)3-5;2-1(3)4/h2H,1,3,5H2;2H2,(H,3,4). The summed E-state index contributed by atoms with van der Waals surface area (Å²) in [5.41, 5.74) is 8.89. The van der Waals surface area contributed by atoms with Crippen LogP contribution in [0.15, 0.2) is 12.7 Å². The van der Waals surface area contributed by atoms with E-state index in [1.807, 2.05) is 0 Å². The monoisotopic (exact) mass is 146 g/mol. The highest BCUT2D eigenvalue weighted by molar-refractivity contribution is 5.90. The van der Waals surface area contributed by atoms with Crippen molar-refractivity contribution in [2.75, 3.05) is 6.54 Å². The zero-order chi connectivity index (χ0) is 8.57. The van der Waals surface area contributed by atoms with Gasteiger partial charge in [-0.25, -0.2) is 4.79 Å². The van der Waals surface area contributed by atoms with Gasteiger partial charge >= 0.3 is 6.09 Å². The quantitative estimate of drug-likeness (QED) is 0.449. The van der Waals surface area contributed by atoms with Gasteiger partial charge in [-0.3, -0.25) is 4.79 Å². The second kappa shape index (κ2) is 7.64. The maximum atomic E-state index is 9.94. The van der Waals surface area contributed by atoms with Gasteiger partial charge in [0.15, 0.2) is 5.78 Å². The first kappa shape index (κ1) is 11.4. The highest BCUT2D eigenvalue weighted by atomic mass is 16.4. The first-order chi connectivity index (χ1) is 4.54. The van der Waals surface area contributed by atoms with Crippen molar-refractivity contribution in [3.63, 3.8) is 0 Å². The largest absolute Gasteiger partial charge is 0.465 e. The van der Waals surface area contributed by atoms with Crippen LogP contribution in [0.3, 0.4) is 0 Å². The van der Waals surface area contributed by atoms with E-state index in [1.165, 1.54) is 6.08 Å². The number of carbonyl (C=O) groups is 2. The minimum atomic E-state index is -1.33. The summed E-state index contributed by atoms with van der Waals surface area (Å²) in [4.78, 5) is 18.7. The lowest BCUT2D eigenvalue weighted by atomic mass is 10.4. The fourth-order valence-corrected chi connectivity index (χ4v) is 0.0833. The Bertz CT molecular complexity index is 129. The van der Waals surface area contributed by atoms with Gasteiger partial charge in [0.05, 0.1) is 6.54 Å². The van der Waals surface area contributed by atoms with Crippen LogP contribution in [0.2, 0.25) is 0 Å². The van der Waals surface area contributed by atoms with E-state index < -0.39 is 6.09 Å². The summed E-state index contributed by atoms with van der Waals surface area (Å²) in [6.07, 6.45) is -0.125. The molecule has 10 heavy (non-hydrogen) atoms. The van der Waals surface area contributed by atoms with Gasteiger partial charge in [0.2, 0.25) is 0 Å². The molecule has 0 aliphatic rings. The maximum Gasteiger partial charge on any atom is 0.402 e. The van der Waals surface area contributed by atoms with E-state index in [-0.39, 0.29) is 12.3 Å². The van der Waals surface area contributed by atoms with Crippen LogP contribution in [-0.2, 0) is 4.79 Å². The van der Waals surface area contributed by atoms with E-state index in [9.17, 15) is 4.79 Å². The molecular weight excluding hydrogens is 136 g/mol. The predicted molar refractivity (Wildman–Crippen MR) is 36.5 cm³/mol. The molecule has 58 valence electrons. The molecule has 0 aromatic carbocycles. The van der Waals surface area contributed by atoms with Crippen LogP contribution in [0, 0.1) is 0 Å². The van der Waals surface area contributed by atoms with E-state index in [2.05, 4.69) is 12.3 Å². The predicted octanol–water partition coefficient (Wildman–Crippen LogP) is -0.677. The number of primary amides is 1. The van der Waals surface area contributed by atoms with Gasteiger partial charge in [0.25, 0.3) is 0 Å². The molecule has 5 nitrogen and oxygen atoms in total. The lowest BCUT2D eigenvalue weighted by Gasteiger charge is -1.76.